The quantitative estimate of drug-likeness (QED) is 0.738. The lowest BCUT2D eigenvalue weighted by atomic mass is 10.2. The summed E-state index contributed by atoms with van der Waals surface area (Å²) in [6.07, 6.45) is 4.96. The molecule has 2 N–H and O–H groups in total. The van der Waals surface area contributed by atoms with Crippen LogP contribution in [0, 0.1) is 19.3 Å². The fourth-order valence-corrected chi connectivity index (χ4v) is 2.16. The van der Waals surface area contributed by atoms with Crippen LogP contribution in [0.15, 0.2) is 29.2 Å². The molecule has 0 atom stereocenters. The fourth-order valence-electron chi connectivity index (χ4n) is 1.17. The van der Waals surface area contributed by atoms with Gasteiger partial charge in [0.1, 0.15) is 0 Å². The van der Waals surface area contributed by atoms with Crippen LogP contribution >= 0.6 is 0 Å². The monoisotopic (exact) mass is 266 g/mol. The van der Waals surface area contributed by atoms with Crippen LogP contribution in [0.1, 0.15) is 5.56 Å². The molecule has 0 aliphatic rings. The largest absolute Gasteiger partial charge is 0.344 e. The van der Waals surface area contributed by atoms with Crippen LogP contribution in [0.25, 0.3) is 0 Å². The molecule has 0 heterocycles. The zero-order chi connectivity index (χ0) is 13.6. The second-order valence-electron chi connectivity index (χ2n) is 3.62. The molecule has 0 saturated heterocycles. The van der Waals surface area contributed by atoms with Crippen molar-refractivity contribution in [2.75, 3.05) is 13.1 Å². The molecule has 5 nitrogen and oxygen atoms in total. The number of hydrogen-bond acceptors (Lipinski definition) is 3. The Bertz CT molecular complexity index is 556. The van der Waals surface area contributed by atoms with Crippen molar-refractivity contribution in [3.05, 3.63) is 29.8 Å². The molecule has 0 aromatic heterocycles. The van der Waals surface area contributed by atoms with Crippen LogP contribution in [0.2, 0.25) is 0 Å². The minimum absolute atomic E-state index is 0.0745. The van der Waals surface area contributed by atoms with Gasteiger partial charge in [0.15, 0.2) is 0 Å². The van der Waals surface area contributed by atoms with Gasteiger partial charge >= 0.3 is 0 Å². The number of sulfonamides is 1. The summed E-state index contributed by atoms with van der Waals surface area (Å²) in [6, 6.07) is 6.34. The average Bonchev–Trinajstić information content (AvgIpc) is 2.34. The van der Waals surface area contributed by atoms with Gasteiger partial charge in [0, 0.05) is 0 Å². The number of benzene rings is 1. The first-order valence-electron chi connectivity index (χ1n) is 5.22. The van der Waals surface area contributed by atoms with Crippen LogP contribution in [-0.4, -0.2) is 27.4 Å². The van der Waals surface area contributed by atoms with Crippen LogP contribution in [0.3, 0.4) is 0 Å². The van der Waals surface area contributed by atoms with Gasteiger partial charge in [0.2, 0.25) is 15.9 Å². The van der Waals surface area contributed by atoms with E-state index in [-0.39, 0.29) is 18.0 Å². The van der Waals surface area contributed by atoms with Crippen molar-refractivity contribution in [1.29, 1.82) is 0 Å². The molecule has 0 bridgehead atoms. The highest BCUT2D eigenvalue weighted by molar-refractivity contribution is 7.89. The smallest absolute Gasteiger partial charge is 0.241 e. The van der Waals surface area contributed by atoms with E-state index in [1.165, 1.54) is 12.1 Å². The molecular weight excluding hydrogens is 252 g/mol. The Labute approximate surface area is 107 Å². The highest BCUT2D eigenvalue weighted by Crippen LogP contribution is 2.09. The number of terminal acetylenes is 1. The number of nitrogens with one attached hydrogen (secondary N) is 2. The number of carbonyl (C=O) groups excluding carboxylic acids is 1. The molecule has 0 fully saturated rings. The number of rotatable bonds is 5. The van der Waals surface area contributed by atoms with E-state index in [1.54, 1.807) is 12.1 Å². The zero-order valence-electron chi connectivity index (χ0n) is 9.93. The molecule has 96 valence electrons. The van der Waals surface area contributed by atoms with Crippen LogP contribution in [-0.2, 0) is 14.8 Å². The van der Waals surface area contributed by atoms with Crippen molar-refractivity contribution >= 4 is 15.9 Å². The third kappa shape index (κ3) is 4.20. The SMILES string of the molecule is C#CCNC(=O)CNS(=O)(=O)c1ccc(C)cc1. The van der Waals surface area contributed by atoms with Gasteiger partial charge in [-0.2, -0.15) is 0 Å². The molecule has 0 aliphatic heterocycles. The second-order valence-corrected chi connectivity index (χ2v) is 5.39. The molecule has 0 spiro atoms. The Morgan fingerprint density at radius 1 is 1.33 bits per heavy atom. The van der Waals surface area contributed by atoms with Gasteiger partial charge in [-0.25, -0.2) is 13.1 Å². The van der Waals surface area contributed by atoms with Crippen molar-refractivity contribution in [3.8, 4) is 12.3 Å². The Hall–Kier alpha value is -1.84. The molecule has 1 aromatic carbocycles. The lowest BCUT2D eigenvalue weighted by Gasteiger charge is -2.06. The van der Waals surface area contributed by atoms with E-state index in [0.717, 1.165) is 5.56 Å². The molecule has 1 aromatic rings. The maximum Gasteiger partial charge on any atom is 0.241 e. The Balaban J connectivity index is 2.63. The summed E-state index contributed by atoms with van der Waals surface area (Å²) < 4.78 is 25.8. The van der Waals surface area contributed by atoms with Gasteiger partial charge in [0.05, 0.1) is 18.0 Å². The summed E-state index contributed by atoms with van der Waals surface area (Å²) in [5, 5.41) is 2.36. The lowest BCUT2D eigenvalue weighted by molar-refractivity contribution is -0.119. The van der Waals surface area contributed by atoms with Gasteiger partial charge < -0.3 is 5.32 Å². The molecule has 0 unspecified atom stereocenters. The second kappa shape index (κ2) is 6.19. The van der Waals surface area contributed by atoms with Crippen molar-refractivity contribution in [2.45, 2.75) is 11.8 Å². The van der Waals surface area contributed by atoms with E-state index < -0.39 is 15.9 Å². The van der Waals surface area contributed by atoms with Crippen molar-refractivity contribution in [3.63, 3.8) is 0 Å². The third-order valence-corrected chi connectivity index (χ3v) is 3.56. The van der Waals surface area contributed by atoms with Crippen molar-refractivity contribution < 1.29 is 13.2 Å². The molecule has 1 amide bonds. The first kappa shape index (κ1) is 14.2. The predicted molar refractivity (Wildman–Crippen MR) is 68.2 cm³/mol. The molecule has 0 radical (unpaired) electrons. The number of aryl methyl sites for hydroxylation is 1. The minimum Gasteiger partial charge on any atom is -0.344 e. The predicted octanol–water partition coefficient (Wildman–Crippen LogP) is 0.0227. The molecule has 6 heteroatoms. The Morgan fingerprint density at radius 3 is 2.50 bits per heavy atom. The zero-order valence-corrected chi connectivity index (χ0v) is 10.8. The van der Waals surface area contributed by atoms with E-state index in [4.69, 9.17) is 6.42 Å². The number of hydrogen-bond donors (Lipinski definition) is 2. The fraction of sp³-hybridized carbons (Fsp3) is 0.250. The summed E-state index contributed by atoms with van der Waals surface area (Å²) in [5.41, 5.74) is 0.959. The number of amides is 1. The summed E-state index contributed by atoms with van der Waals surface area (Å²) in [5.74, 6) is 1.76. The topological polar surface area (TPSA) is 75.3 Å². The normalized spacial score (nSPS) is 10.7. The maximum absolute atomic E-state index is 11.8. The van der Waals surface area contributed by atoms with Crippen molar-refractivity contribution in [2.24, 2.45) is 0 Å². The maximum atomic E-state index is 11.8. The molecule has 0 aliphatic carbocycles. The average molecular weight is 266 g/mol. The molecular formula is C12H14N2O3S. The van der Waals surface area contributed by atoms with Gasteiger partial charge in [-0.05, 0) is 19.1 Å². The molecule has 0 saturated carbocycles. The van der Waals surface area contributed by atoms with E-state index >= 15 is 0 Å². The van der Waals surface area contributed by atoms with Gasteiger partial charge in [-0.1, -0.05) is 23.6 Å². The van der Waals surface area contributed by atoms with Gasteiger partial charge in [-0.3, -0.25) is 4.79 Å². The van der Waals surface area contributed by atoms with E-state index in [1.807, 2.05) is 6.92 Å². The third-order valence-electron chi connectivity index (χ3n) is 2.14. The molecule has 1 rings (SSSR count). The van der Waals surface area contributed by atoms with Crippen LogP contribution < -0.4 is 10.0 Å². The highest BCUT2D eigenvalue weighted by Gasteiger charge is 2.14. The first-order chi connectivity index (χ1) is 8.45. The van der Waals surface area contributed by atoms with E-state index in [9.17, 15) is 13.2 Å². The highest BCUT2D eigenvalue weighted by atomic mass is 32.2. The molecule has 18 heavy (non-hydrogen) atoms. The summed E-state index contributed by atoms with van der Waals surface area (Å²) in [6.45, 7) is 1.60. The number of carbonyl (C=O) groups is 1. The standard InChI is InChI=1S/C12H14N2O3S/c1-3-8-13-12(15)9-14-18(16,17)11-6-4-10(2)5-7-11/h1,4-7,14H,8-9H2,2H3,(H,13,15). The van der Waals surface area contributed by atoms with Gasteiger partial charge in [-0.15, -0.1) is 6.42 Å². The van der Waals surface area contributed by atoms with Crippen LogP contribution in [0.5, 0.6) is 0 Å². The first-order valence-corrected chi connectivity index (χ1v) is 6.70. The minimum atomic E-state index is -3.66. The van der Waals surface area contributed by atoms with E-state index in [2.05, 4.69) is 16.0 Å². The summed E-state index contributed by atoms with van der Waals surface area (Å²) >= 11 is 0. The Kier molecular flexibility index (Phi) is 4.89. The van der Waals surface area contributed by atoms with Crippen LogP contribution in [0.4, 0.5) is 0 Å². The summed E-state index contributed by atoms with van der Waals surface area (Å²) in [7, 11) is -3.66. The summed E-state index contributed by atoms with van der Waals surface area (Å²) in [4.78, 5) is 11.3. The van der Waals surface area contributed by atoms with Gasteiger partial charge in [0.25, 0.3) is 0 Å². The van der Waals surface area contributed by atoms with E-state index in [0.29, 0.717) is 0 Å². The van der Waals surface area contributed by atoms with Crippen molar-refractivity contribution in [1.82, 2.24) is 10.0 Å². The Morgan fingerprint density at radius 2 is 1.94 bits per heavy atom. The lowest BCUT2D eigenvalue weighted by Crippen LogP contribution is -2.37.